The van der Waals surface area contributed by atoms with Gasteiger partial charge in [-0.2, -0.15) is 5.10 Å². The normalized spacial score (nSPS) is 19.8. The second-order valence-electron chi connectivity index (χ2n) is 6.96. The Kier molecular flexibility index (Phi) is 5.16. The summed E-state index contributed by atoms with van der Waals surface area (Å²) < 4.78 is 7.11. The van der Waals surface area contributed by atoms with Gasteiger partial charge in [0.05, 0.1) is 19.3 Å². The van der Waals surface area contributed by atoms with Crippen LogP contribution in [-0.2, 0) is 6.42 Å². The Morgan fingerprint density at radius 1 is 1.11 bits per heavy atom. The van der Waals surface area contributed by atoms with Crippen molar-refractivity contribution in [2.45, 2.75) is 44.2 Å². The fraction of sp³-hybridized carbons (Fsp3) is 0.381. The summed E-state index contributed by atoms with van der Waals surface area (Å²) in [7, 11) is 1.66. The number of benzene rings is 1. The summed E-state index contributed by atoms with van der Waals surface area (Å²) in [5, 5.41) is 15.3. The first-order valence-corrected chi connectivity index (χ1v) is 9.42. The Morgan fingerprint density at radius 3 is 2.63 bits per heavy atom. The molecule has 0 spiro atoms. The van der Waals surface area contributed by atoms with E-state index in [-0.39, 0.29) is 6.04 Å². The molecule has 1 fully saturated rings. The highest BCUT2D eigenvalue weighted by Gasteiger charge is 2.29. The van der Waals surface area contributed by atoms with Crippen molar-refractivity contribution in [2.75, 3.05) is 7.11 Å². The Labute approximate surface area is 158 Å². The molecule has 1 aliphatic carbocycles. The maximum Gasteiger partial charge on any atom is 0.177 e. The zero-order chi connectivity index (χ0) is 18.6. The van der Waals surface area contributed by atoms with E-state index in [0.29, 0.717) is 6.42 Å². The van der Waals surface area contributed by atoms with Gasteiger partial charge in [-0.25, -0.2) is 9.67 Å². The highest BCUT2D eigenvalue weighted by molar-refractivity contribution is 5.49. The fourth-order valence-electron chi connectivity index (χ4n) is 3.65. The largest absolute Gasteiger partial charge is 0.497 e. The predicted octanol–water partition coefficient (Wildman–Crippen LogP) is 3.42. The van der Waals surface area contributed by atoms with E-state index in [1.54, 1.807) is 13.3 Å². The van der Waals surface area contributed by atoms with Crippen molar-refractivity contribution in [2.24, 2.45) is 0 Å². The van der Waals surface area contributed by atoms with Crippen LogP contribution >= 0.6 is 0 Å². The number of hydrogen-bond donors (Lipinski definition) is 1. The molecular weight excluding hydrogens is 340 g/mol. The Morgan fingerprint density at radius 2 is 1.93 bits per heavy atom. The average Bonchev–Trinajstić information content (AvgIpc) is 3.13. The molecule has 140 valence electrons. The number of rotatable bonds is 5. The van der Waals surface area contributed by atoms with Gasteiger partial charge in [-0.3, -0.25) is 4.98 Å². The molecule has 3 aromatic rings. The summed E-state index contributed by atoms with van der Waals surface area (Å²) >= 11 is 0. The Balaban J connectivity index is 1.68. The molecule has 2 aromatic heterocycles. The highest BCUT2D eigenvalue weighted by atomic mass is 16.5. The van der Waals surface area contributed by atoms with Crippen LogP contribution in [-0.4, -0.2) is 38.1 Å². The number of methoxy groups -OCH3 is 1. The molecule has 0 saturated heterocycles. The first-order chi connectivity index (χ1) is 13.2. The summed E-state index contributed by atoms with van der Waals surface area (Å²) in [5.74, 6) is 2.29. The molecule has 0 amide bonds. The molecule has 0 radical (unpaired) electrons. The van der Waals surface area contributed by atoms with Crippen molar-refractivity contribution in [1.82, 2.24) is 19.7 Å². The summed E-state index contributed by atoms with van der Waals surface area (Å²) in [5.41, 5.74) is 1.90. The third-order valence-corrected chi connectivity index (χ3v) is 5.10. The van der Waals surface area contributed by atoms with Gasteiger partial charge in [-0.05, 0) is 42.7 Å². The van der Waals surface area contributed by atoms with Gasteiger partial charge in [0.25, 0.3) is 0 Å². The van der Waals surface area contributed by atoms with Crippen LogP contribution in [0, 0.1) is 0 Å². The lowest BCUT2D eigenvalue weighted by Crippen LogP contribution is -2.29. The van der Waals surface area contributed by atoms with Crippen LogP contribution in [0.15, 0.2) is 48.7 Å². The van der Waals surface area contributed by atoms with Gasteiger partial charge in [-0.15, -0.1) is 0 Å². The molecule has 2 atom stereocenters. The van der Waals surface area contributed by atoms with Crippen LogP contribution < -0.4 is 4.74 Å². The molecule has 27 heavy (non-hydrogen) atoms. The maximum atomic E-state index is 10.5. The Bertz CT molecular complexity index is 877. The quantitative estimate of drug-likeness (QED) is 0.751. The number of hydrogen-bond acceptors (Lipinski definition) is 5. The van der Waals surface area contributed by atoms with Crippen molar-refractivity contribution in [1.29, 1.82) is 0 Å². The third-order valence-electron chi connectivity index (χ3n) is 5.10. The molecular formula is C21H24N4O2. The third kappa shape index (κ3) is 3.85. The summed E-state index contributed by atoms with van der Waals surface area (Å²) in [6, 6.07) is 13.7. The Hall–Kier alpha value is -2.73. The van der Waals surface area contributed by atoms with Gasteiger partial charge < -0.3 is 9.84 Å². The molecule has 0 bridgehead atoms. The van der Waals surface area contributed by atoms with Crippen molar-refractivity contribution in [3.63, 3.8) is 0 Å². The topological polar surface area (TPSA) is 73.1 Å². The SMILES string of the molecule is COc1ccc(Cc2nc(-c3ccccn3)n([C@@H]3CCCC[C@H]3O)n2)cc1. The number of aliphatic hydroxyl groups is 1. The average molecular weight is 364 g/mol. The van der Waals surface area contributed by atoms with Gasteiger partial charge in [0.2, 0.25) is 0 Å². The molecule has 1 aromatic carbocycles. The second kappa shape index (κ2) is 7.88. The van der Waals surface area contributed by atoms with E-state index >= 15 is 0 Å². The minimum Gasteiger partial charge on any atom is -0.497 e. The summed E-state index contributed by atoms with van der Waals surface area (Å²) in [6.45, 7) is 0. The van der Waals surface area contributed by atoms with E-state index in [9.17, 15) is 5.11 Å². The number of nitrogens with zero attached hydrogens (tertiary/aromatic N) is 4. The van der Waals surface area contributed by atoms with Gasteiger partial charge in [-0.1, -0.05) is 31.0 Å². The van der Waals surface area contributed by atoms with E-state index in [4.69, 9.17) is 14.8 Å². The lowest BCUT2D eigenvalue weighted by Gasteiger charge is -2.28. The lowest BCUT2D eigenvalue weighted by atomic mass is 9.92. The minimum atomic E-state index is -0.392. The smallest absolute Gasteiger partial charge is 0.177 e. The summed E-state index contributed by atoms with van der Waals surface area (Å²) in [4.78, 5) is 9.23. The van der Waals surface area contributed by atoms with Crippen molar-refractivity contribution in [3.05, 3.63) is 60.0 Å². The number of pyridine rings is 1. The molecule has 1 saturated carbocycles. The van der Waals surface area contributed by atoms with Crippen LogP contribution in [0.1, 0.15) is 43.1 Å². The van der Waals surface area contributed by atoms with Crippen molar-refractivity contribution in [3.8, 4) is 17.3 Å². The molecule has 0 aliphatic heterocycles. The van der Waals surface area contributed by atoms with Crippen molar-refractivity contribution < 1.29 is 9.84 Å². The van der Waals surface area contributed by atoms with Crippen LogP contribution in [0.5, 0.6) is 5.75 Å². The highest BCUT2D eigenvalue weighted by Crippen LogP contribution is 2.31. The fourth-order valence-corrected chi connectivity index (χ4v) is 3.65. The molecule has 2 heterocycles. The van der Waals surface area contributed by atoms with E-state index in [2.05, 4.69) is 4.98 Å². The van der Waals surface area contributed by atoms with Gasteiger partial charge >= 0.3 is 0 Å². The van der Waals surface area contributed by atoms with Crippen molar-refractivity contribution >= 4 is 0 Å². The predicted molar refractivity (Wildman–Crippen MR) is 103 cm³/mol. The van der Waals surface area contributed by atoms with Crippen LogP contribution in [0.2, 0.25) is 0 Å². The van der Waals surface area contributed by atoms with E-state index in [1.165, 1.54) is 0 Å². The molecule has 0 unspecified atom stereocenters. The van der Waals surface area contributed by atoms with E-state index in [1.807, 2.05) is 47.1 Å². The minimum absolute atomic E-state index is 0.0483. The molecule has 1 aliphatic rings. The lowest BCUT2D eigenvalue weighted by molar-refractivity contribution is 0.0700. The van der Waals surface area contributed by atoms with Gasteiger partial charge in [0, 0.05) is 12.6 Å². The molecule has 6 heteroatoms. The monoisotopic (exact) mass is 364 g/mol. The number of aliphatic hydroxyl groups excluding tert-OH is 1. The molecule has 4 rings (SSSR count). The first-order valence-electron chi connectivity index (χ1n) is 9.42. The molecule has 6 nitrogen and oxygen atoms in total. The number of aromatic nitrogens is 4. The maximum absolute atomic E-state index is 10.5. The second-order valence-corrected chi connectivity index (χ2v) is 6.96. The summed E-state index contributed by atoms with van der Waals surface area (Å²) in [6.07, 6.45) is 5.86. The van der Waals surface area contributed by atoms with Gasteiger partial charge in [0.1, 0.15) is 11.4 Å². The number of ether oxygens (including phenoxy) is 1. The standard InChI is InChI=1S/C21H24N4O2/c1-27-16-11-9-15(10-12-16)14-20-23-21(17-6-4-5-13-22-17)25(24-20)18-7-2-3-8-19(18)26/h4-6,9-13,18-19,26H,2-3,7-8,14H2,1H3/t18-,19-/m1/s1. The van der Waals surface area contributed by atoms with E-state index < -0.39 is 6.10 Å². The van der Waals surface area contributed by atoms with E-state index in [0.717, 1.165) is 54.3 Å². The van der Waals surface area contributed by atoms with Gasteiger partial charge in [0.15, 0.2) is 11.6 Å². The van der Waals surface area contributed by atoms with Crippen LogP contribution in [0.3, 0.4) is 0 Å². The zero-order valence-electron chi connectivity index (χ0n) is 15.5. The first kappa shape index (κ1) is 17.7. The van der Waals surface area contributed by atoms with Crippen LogP contribution in [0.25, 0.3) is 11.5 Å². The molecule has 1 N–H and O–H groups in total. The van der Waals surface area contributed by atoms with Crippen LogP contribution in [0.4, 0.5) is 0 Å². The zero-order valence-corrected chi connectivity index (χ0v) is 15.5.